The highest BCUT2D eigenvalue weighted by Crippen LogP contribution is 2.21. The first-order valence-corrected chi connectivity index (χ1v) is 15.1. The van der Waals surface area contributed by atoms with Gasteiger partial charge in [0.1, 0.15) is 5.82 Å². The van der Waals surface area contributed by atoms with Gasteiger partial charge in [-0.25, -0.2) is 12.8 Å². The normalized spacial score (nSPS) is 14.4. The molecule has 0 saturated carbocycles. The number of hydrogen-bond acceptors (Lipinski definition) is 5. The average Bonchev–Trinajstić information content (AvgIpc) is 3.54. The van der Waals surface area contributed by atoms with Gasteiger partial charge in [-0.15, -0.1) is 11.3 Å². The number of rotatable bonds is 12. The number of carbonyl (C=O) groups is 1. The van der Waals surface area contributed by atoms with Crippen molar-refractivity contribution in [2.45, 2.75) is 38.6 Å². The Balaban J connectivity index is 1.55. The average molecular weight is 544 g/mol. The number of halogens is 1. The molecule has 1 aliphatic rings. The molecule has 0 unspecified atom stereocenters. The number of sulfonamides is 1. The van der Waals surface area contributed by atoms with E-state index < -0.39 is 10.0 Å². The Labute approximate surface area is 223 Å². The molecule has 0 atom stereocenters. The molecule has 1 aromatic heterocycles. The highest BCUT2D eigenvalue weighted by molar-refractivity contribution is 7.88. The quantitative estimate of drug-likeness (QED) is 0.334. The van der Waals surface area contributed by atoms with E-state index in [4.69, 9.17) is 0 Å². The maximum absolute atomic E-state index is 13.7. The van der Waals surface area contributed by atoms with Gasteiger partial charge in [0.15, 0.2) is 0 Å². The number of benzene rings is 2. The molecule has 9 heteroatoms. The van der Waals surface area contributed by atoms with Gasteiger partial charge in [0.05, 0.1) is 18.8 Å². The molecule has 3 aromatic rings. The number of amides is 1. The van der Waals surface area contributed by atoms with E-state index in [1.165, 1.54) is 16.4 Å². The highest BCUT2D eigenvalue weighted by atomic mass is 32.2. The Bertz CT molecular complexity index is 1260. The molecule has 1 amide bonds. The van der Waals surface area contributed by atoms with E-state index in [1.54, 1.807) is 40.5 Å². The highest BCUT2D eigenvalue weighted by Gasteiger charge is 2.28. The van der Waals surface area contributed by atoms with Gasteiger partial charge < -0.3 is 9.80 Å². The predicted molar refractivity (Wildman–Crippen MR) is 146 cm³/mol. The molecule has 0 aliphatic carbocycles. The van der Waals surface area contributed by atoms with Crippen molar-refractivity contribution in [3.8, 4) is 0 Å². The molecular weight excluding hydrogens is 509 g/mol. The Morgan fingerprint density at radius 1 is 0.973 bits per heavy atom. The third-order valence-electron chi connectivity index (χ3n) is 6.70. The molecule has 1 saturated heterocycles. The van der Waals surface area contributed by atoms with Crippen LogP contribution < -0.4 is 0 Å². The molecule has 1 aliphatic heterocycles. The van der Waals surface area contributed by atoms with Crippen molar-refractivity contribution in [3.05, 3.63) is 93.4 Å². The molecule has 1 fully saturated rings. The molecule has 0 radical (unpaired) electrons. The van der Waals surface area contributed by atoms with Crippen molar-refractivity contribution in [1.82, 2.24) is 14.1 Å². The van der Waals surface area contributed by atoms with Crippen molar-refractivity contribution in [1.29, 1.82) is 0 Å². The van der Waals surface area contributed by atoms with Gasteiger partial charge in [0.25, 0.3) is 0 Å². The lowest BCUT2D eigenvalue weighted by atomic mass is 10.2. The summed E-state index contributed by atoms with van der Waals surface area (Å²) < 4.78 is 41.9. The summed E-state index contributed by atoms with van der Waals surface area (Å²) in [4.78, 5) is 18.7. The molecule has 198 valence electrons. The molecule has 2 heterocycles. The number of carbonyl (C=O) groups excluding carboxylic acids is 1. The molecule has 0 bridgehead atoms. The standard InChI is InChI=1S/C28H34FN3O3S2/c1-23-13-18-36-27(23)20-31(19-24-9-11-26(29)12-10-24)28(33)21-32(17-16-30-14-5-6-15-30)37(34,35)22-25-7-3-2-4-8-25/h2-4,7-13,18H,5-6,14-17,19-22H2,1H3. The largest absolute Gasteiger partial charge is 0.332 e. The lowest BCUT2D eigenvalue weighted by Crippen LogP contribution is -2.45. The van der Waals surface area contributed by atoms with E-state index in [0.29, 0.717) is 18.7 Å². The SMILES string of the molecule is Cc1ccsc1CN(Cc1ccc(F)cc1)C(=O)CN(CCN1CCCC1)S(=O)(=O)Cc1ccccc1. The Kier molecular flexibility index (Phi) is 9.48. The molecule has 0 spiro atoms. The van der Waals surface area contributed by atoms with Gasteiger partial charge in [-0.2, -0.15) is 4.31 Å². The zero-order chi connectivity index (χ0) is 26.3. The lowest BCUT2D eigenvalue weighted by Gasteiger charge is -2.28. The fraction of sp³-hybridized carbons (Fsp3) is 0.393. The monoisotopic (exact) mass is 543 g/mol. The second-order valence-electron chi connectivity index (χ2n) is 9.53. The van der Waals surface area contributed by atoms with E-state index >= 15 is 0 Å². The molecule has 0 N–H and O–H groups in total. The number of likely N-dealkylation sites (tertiary alicyclic amines) is 1. The van der Waals surface area contributed by atoms with Gasteiger partial charge >= 0.3 is 0 Å². The number of hydrogen-bond donors (Lipinski definition) is 0. The Morgan fingerprint density at radius 2 is 1.68 bits per heavy atom. The summed E-state index contributed by atoms with van der Waals surface area (Å²) in [6.07, 6.45) is 2.22. The van der Waals surface area contributed by atoms with Crippen molar-refractivity contribution in [2.75, 3.05) is 32.7 Å². The third-order valence-corrected chi connectivity index (χ3v) is 9.51. The summed E-state index contributed by atoms with van der Waals surface area (Å²) in [5.41, 5.74) is 2.57. The lowest BCUT2D eigenvalue weighted by molar-refractivity contribution is -0.132. The van der Waals surface area contributed by atoms with E-state index in [0.717, 1.165) is 41.9 Å². The maximum atomic E-state index is 13.7. The van der Waals surface area contributed by atoms with Gasteiger partial charge in [0.2, 0.25) is 15.9 Å². The fourth-order valence-electron chi connectivity index (χ4n) is 4.48. The summed E-state index contributed by atoms with van der Waals surface area (Å²) in [5, 5.41) is 1.98. The van der Waals surface area contributed by atoms with Crippen molar-refractivity contribution in [2.24, 2.45) is 0 Å². The minimum atomic E-state index is -3.73. The number of thiophene rings is 1. The van der Waals surface area contributed by atoms with Gasteiger partial charge in [0, 0.05) is 24.5 Å². The van der Waals surface area contributed by atoms with E-state index in [-0.39, 0.29) is 37.1 Å². The predicted octanol–water partition coefficient (Wildman–Crippen LogP) is 4.65. The topological polar surface area (TPSA) is 60.9 Å². The second kappa shape index (κ2) is 12.8. The summed E-state index contributed by atoms with van der Waals surface area (Å²) >= 11 is 1.57. The summed E-state index contributed by atoms with van der Waals surface area (Å²) in [6, 6.07) is 17.1. The smallest absolute Gasteiger partial charge is 0.238 e. The maximum Gasteiger partial charge on any atom is 0.238 e. The van der Waals surface area contributed by atoms with Crippen LogP contribution in [-0.2, 0) is 33.7 Å². The Hall–Kier alpha value is -2.59. The van der Waals surface area contributed by atoms with Gasteiger partial charge in [-0.1, -0.05) is 42.5 Å². The van der Waals surface area contributed by atoms with Gasteiger partial charge in [-0.3, -0.25) is 4.79 Å². The van der Waals surface area contributed by atoms with E-state index in [1.807, 2.05) is 36.6 Å². The van der Waals surface area contributed by atoms with Crippen LogP contribution in [0.5, 0.6) is 0 Å². The number of nitrogens with zero attached hydrogens (tertiary/aromatic N) is 3. The van der Waals surface area contributed by atoms with Crippen molar-refractivity contribution >= 4 is 27.3 Å². The summed E-state index contributed by atoms with van der Waals surface area (Å²) in [6.45, 7) is 5.19. The van der Waals surface area contributed by atoms with Crippen LogP contribution in [-0.4, -0.2) is 61.2 Å². The van der Waals surface area contributed by atoms with Crippen LogP contribution in [0.4, 0.5) is 4.39 Å². The van der Waals surface area contributed by atoms with Crippen LogP contribution in [0.15, 0.2) is 66.0 Å². The molecule has 6 nitrogen and oxygen atoms in total. The fourth-order valence-corrected chi connectivity index (χ4v) is 6.87. The zero-order valence-corrected chi connectivity index (χ0v) is 22.8. The minimum absolute atomic E-state index is 0.150. The summed E-state index contributed by atoms with van der Waals surface area (Å²) in [5.74, 6) is -0.755. The molecule has 4 rings (SSSR count). The van der Waals surface area contributed by atoms with Crippen molar-refractivity contribution < 1.29 is 17.6 Å². The first kappa shape index (κ1) is 27.4. The van der Waals surface area contributed by atoms with E-state index in [9.17, 15) is 17.6 Å². The number of aryl methyl sites for hydroxylation is 1. The molecule has 2 aromatic carbocycles. The minimum Gasteiger partial charge on any atom is -0.332 e. The van der Waals surface area contributed by atoms with Gasteiger partial charge in [-0.05, 0) is 73.1 Å². The van der Waals surface area contributed by atoms with Crippen LogP contribution >= 0.6 is 11.3 Å². The zero-order valence-electron chi connectivity index (χ0n) is 21.2. The van der Waals surface area contributed by atoms with Crippen molar-refractivity contribution in [3.63, 3.8) is 0 Å². The Morgan fingerprint density at radius 3 is 2.32 bits per heavy atom. The van der Waals surface area contributed by atoms with Crippen LogP contribution in [0, 0.1) is 12.7 Å². The van der Waals surface area contributed by atoms with Crippen LogP contribution in [0.25, 0.3) is 0 Å². The van der Waals surface area contributed by atoms with Crippen LogP contribution in [0.2, 0.25) is 0 Å². The molecule has 37 heavy (non-hydrogen) atoms. The second-order valence-corrected chi connectivity index (χ2v) is 12.5. The summed E-state index contributed by atoms with van der Waals surface area (Å²) in [7, 11) is -3.73. The first-order chi connectivity index (χ1) is 17.8. The molecular formula is C28H34FN3O3S2. The third kappa shape index (κ3) is 7.95. The van der Waals surface area contributed by atoms with Crippen LogP contribution in [0.1, 0.15) is 34.4 Å². The van der Waals surface area contributed by atoms with Crippen LogP contribution in [0.3, 0.4) is 0 Å². The van der Waals surface area contributed by atoms with E-state index in [2.05, 4.69) is 4.90 Å². The first-order valence-electron chi connectivity index (χ1n) is 12.6.